The van der Waals surface area contributed by atoms with Crippen molar-refractivity contribution >= 4 is 16.0 Å². The number of hydrogen-bond donors (Lipinski definition) is 1. The molecule has 1 heterocycles. The zero-order valence-electron chi connectivity index (χ0n) is 13.4. The molecule has 1 aliphatic rings. The second-order valence-corrected chi connectivity index (χ2v) is 7.82. The Bertz CT molecular complexity index is 631. The van der Waals surface area contributed by atoms with Gasteiger partial charge < -0.3 is 9.84 Å². The van der Waals surface area contributed by atoms with Crippen LogP contribution in [-0.2, 0) is 19.6 Å². The highest BCUT2D eigenvalue weighted by Crippen LogP contribution is 2.28. The van der Waals surface area contributed by atoms with Crippen molar-refractivity contribution in [3.63, 3.8) is 0 Å². The molecule has 6 nitrogen and oxygen atoms in total. The zero-order valence-corrected chi connectivity index (χ0v) is 14.2. The number of carboxylic acids is 1. The lowest BCUT2D eigenvalue weighted by Crippen LogP contribution is -2.50. The maximum absolute atomic E-state index is 12.8. The van der Waals surface area contributed by atoms with Crippen LogP contribution in [0.2, 0.25) is 0 Å². The fraction of sp³-hybridized carbons (Fsp3) is 0.562. The topological polar surface area (TPSA) is 83.9 Å². The molecule has 0 aliphatic carbocycles. The lowest BCUT2D eigenvalue weighted by molar-refractivity contribution is -0.144. The quantitative estimate of drug-likeness (QED) is 0.854. The molecule has 1 aromatic carbocycles. The molecule has 1 unspecified atom stereocenters. The van der Waals surface area contributed by atoms with E-state index in [2.05, 4.69) is 0 Å². The fourth-order valence-corrected chi connectivity index (χ4v) is 5.05. The van der Waals surface area contributed by atoms with Crippen molar-refractivity contribution in [2.45, 2.75) is 31.9 Å². The summed E-state index contributed by atoms with van der Waals surface area (Å²) in [7, 11) is -2.13. The summed E-state index contributed by atoms with van der Waals surface area (Å²) >= 11 is 0. The average Bonchev–Trinajstić information content (AvgIpc) is 2.53. The summed E-state index contributed by atoms with van der Waals surface area (Å²) < 4.78 is 32.2. The van der Waals surface area contributed by atoms with E-state index in [1.807, 2.05) is 30.3 Å². The molecule has 0 bridgehead atoms. The van der Waals surface area contributed by atoms with Crippen LogP contribution in [0.4, 0.5) is 0 Å². The van der Waals surface area contributed by atoms with Crippen LogP contribution < -0.4 is 0 Å². The van der Waals surface area contributed by atoms with E-state index in [1.54, 1.807) is 6.92 Å². The molecule has 1 N–H and O–H groups in total. The summed E-state index contributed by atoms with van der Waals surface area (Å²) in [5.41, 5.74) is 0.790. The summed E-state index contributed by atoms with van der Waals surface area (Å²) in [6, 6.07) is 8.62. The third-order valence-electron chi connectivity index (χ3n) is 4.42. The molecule has 1 aliphatic heterocycles. The maximum Gasteiger partial charge on any atom is 0.308 e. The molecule has 0 amide bonds. The van der Waals surface area contributed by atoms with Crippen molar-refractivity contribution in [2.24, 2.45) is 5.92 Å². The lowest BCUT2D eigenvalue weighted by Gasteiger charge is -2.37. The van der Waals surface area contributed by atoms with Gasteiger partial charge in [-0.05, 0) is 25.3 Å². The number of rotatable bonds is 6. The van der Waals surface area contributed by atoms with E-state index < -0.39 is 34.1 Å². The minimum Gasteiger partial charge on any atom is -0.481 e. The number of carbonyl (C=O) groups is 1. The van der Waals surface area contributed by atoms with Crippen LogP contribution in [-0.4, -0.2) is 49.2 Å². The largest absolute Gasteiger partial charge is 0.481 e. The number of piperidine rings is 1. The van der Waals surface area contributed by atoms with E-state index >= 15 is 0 Å². The highest BCUT2D eigenvalue weighted by molar-refractivity contribution is 7.89. The van der Waals surface area contributed by atoms with Crippen LogP contribution in [0.25, 0.3) is 0 Å². The van der Waals surface area contributed by atoms with Gasteiger partial charge in [0.15, 0.2) is 0 Å². The first-order chi connectivity index (χ1) is 10.9. The predicted octanol–water partition coefficient (Wildman–Crippen LogP) is 1.89. The molecular formula is C16H23NO5S. The first-order valence-corrected chi connectivity index (χ1v) is 9.28. The molecule has 0 spiro atoms. The van der Waals surface area contributed by atoms with Gasteiger partial charge in [-0.3, -0.25) is 4.79 Å². The Morgan fingerprint density at radius 2 is 2.04 bits per heavy atom. The fourth-order valence-electron chi connectivity index (χ4n) is 3.09. The van der Waals surface area contributed by atoms with Crippen molar-refractivity contribution in [3.05, 3.63) is 35.9 Å². The monoisotopic (exact) mass is 341 g/mol. The number of hydrogen-bond acceptors (Lipinski definition) is 4. The molecule has 7 heteroatoms. The van der Waals surface area contributed by atoms with Gasteiger partial charge in [-0.2, -0.15) is 4.31 Å². The van der Waals surface area contributed by atoms with Gasteiger partial charge in [0.1, 0.15) is 0 Å². The van der Waals surface area contributed by atoms with Gasteiger partial charge in [0.05, 0.1) is 17.8 Å². The normalized spacial score (nSPS) is 24.3. The number of carboxylic acid groups (broad SMARTS) is 1. The lowest BCUT2D eigenvalue weighted by atomic mass is 9.92. The number of methoxy groups -OCH3 is 1. The smallest absolute Gasteiger partial charge is 0.308 e. The minimum atomic E-state index is -3.61. The second-order valence-electron chi connectivity index (χ2n) is 5.85. The SMILES string of the molecule is COC(CS(=O)(=O)N1CCC[C@H](C(=O)O)[C@@H]1C)c1ccccc1. The average molecular weight is 341 g/mol. The summed E-state index contributed by atoms with van der Waals surface area (Å²) in [5.74, 6) is -1.79. The third kappa shape index (κ3) is 4.10. The number of nitrogens with zero attached hydrogens (tertiary/aromatic N) is 1. The van der Waals surface area contributed by atoms with Crippen molar-refractivity contribution in [1.82, 2.24) is 4.31 Å². The van der Waals surface area contributed by atoms with Crippen LogP contribution in [0.3, 0.4) is 0 Å². The van der Waals surface area contributed by atoms with Crippen molar-refractivity contribution in [2.75, 3.05) is 19.4 Å². The molecule has 0 saturated carbocycles. The molecule has 1 aromatic rings. The summed E-state index contributed by atoms with van der Waals surface area (Å²) in [5, 5.41) is 9.25. The third-order valence-corrected chi connectivity index (χ3v) is 6.38. The first kappa shape index (κ1) is 17.9. The van der Waals surface area contributed by atoms with Crippen molar-refractivity contribution in [3.8, 4) is 0 Å². The van der Waals surface area contributed by atoms with Gasteiger partial charge in [0.25, 0.3) is 0 Å². The highest BCUT2D eigenvalue weighted by Gasteiger charge is 2.39. The summed E-state index contributed by atoms with van der Waals surface area (Å²) in [6.07, 6.45) is 0.497. The van der Waals surface area contributed by atoms with Gasteiger partial charge in [0.2, 0.25) is 10.0 Å². The Morgan fingerprint density at radius 3 is 2.61 bits per heavy atom. The van der Waals surface area contributed by atoms with Crippen LogP contribution in [0.5, 0.6) is 0 Å². The molecule has 1 fully saturated rings. The molecule has 3 atom stereocenters. The first-order valence-electron chi connectivity index (χ1n) is 7.67. The molecule has 2 rings (SSSR count). The van der Waals surface area contributed by atoms with Crippen LogP contribution >= 0.6 is 0 Å². The Balaban J connectivity index is 2.18. The Kier molecular flexibility index (Phi) is 5.78. The van der Waals surface area contributed by atoms with E-state index in [0.717, 1.165) is 5.56 Å². The van der Waals surface area contributed by atoms with Gasteiger partial charge >= 0.3 is 5.97 Å². The van der Waals surface area contributed by atoms with Crippen molar-refractivity contribution < 1.29 is 23.1 Å². The molecule has 128 valence electrons. The molecular weight excluding hydrogens is 318 g/mol. The van der Waals surface area contributed by atoms with Gasteiger partial charge in [0, 0.05) is 19.7 Å². The molecule has 23 heavy (non-hydrogen) atoms. The number of ether oxygens (including phenoxy) is 1. The molecule has 0 radical (unpaired) electrons. The van der Waals surface area contributed by atoms with E-state index in [1.165, 1.54) is 11.4 Å². The Hall–Kier alpha value is -1.44. The summed E-state index contributed by atoms with van der Waals surface area (Å²) in [6.45, 7) is 2.03. The van der Waals surface area contributed by atoms with E-state index in [4.69, 9.17) is 4.74 Å². The second kappa shape index (κ2) is 7.42. The van der Waals surface area contributed by atoms with Gasteiger partial charge in [-0.15, -0.1) is 0 Å². The Morgan fingerprint density at radius 1 is 1.39 bits per heavy atom. The van der Waals surface area contributed by atoms with Crippen LogP contribution in [0.1, 0.15) is 31.4 Å². The maximum atomic E-state index is 12.8. The summed E-state index contributed by atoms with van der Waals surface area (Å²) in [4.78, 5) is 11.3. The predicted molar refractivity (Wildman–Crippen MR) is 86.5 cm³/mol. The van der Waals surface area contributed by atoms with Gasteiger partial charge in [-0.1, -0.05) is 30.3 Å². The Labute approximate surface area is 137 Å². The highest BCUT2D eigenvalue weighted by atomic mass is 32.2. The minimum absolute atomic E-state index is 0.190. The van der Waals surface area contributed by atoms with E-state index in [-0.39, 0.29) is 5.75 Å². The molecule has 0 aromatic heterocycles. The zero-order chi connectivity index (χ0) is 17.0. The van der Waals surface area contributed by atoms with Crippen molar-refractivity contribution in [1.29, 1.82) is 0 Å². The van der Waals surface area contributed by atoms with Crippen LogP contribution in [0, 0.1) is 5.92 Å². The number of aliphatic carboxylic acids is 1. The molecule has 1 saturated heterocycles. The number of sulfonamides is 1. The van der Waals surface area contributed by atoms with E-state index in [0.29, 0.717) is 19.4 Å². The van der Waals surface area contributed by atoms with Gasteiger partial charge in [-0.25, -0.2) is 8.42 Å². The van der Waals surface area contributed by atoms with E-state index in [9.17, 15) is 18.3 Å². The number of benzene rings is 1. The van der Waals surface area contributed by atoms with Crippen LogP contribution in [0.15, 0.2) is 30.3 Å². The standard InChI is InChI=1S/C16H23NO5S/c1-12-14(16(18)19)9-6-10-17(12)23(20,21)11-15(22-2)13-7-4-3-5-8-13/h3-5,7-8,12,14-15H,6,9-11H2,1-2H3,(H,18,19)/t12-,14-,15?/m0/s1.